The van der Waals surface area contributed by atoms with Crippen LogP contribution in [-0.2, 0) is 0 Å². The normalized spacial score (nSPS) is 22.0. The van der Waals surface area contributed by atoms with E-state index in [0.717, 1.165) is 6.04 Å². The molecule has 0 aromatic heterocycles. The van der Waals surface area contributed by atoms with Gasteiger partial charge in [-0.25, -0.2) is 0 Å². The van der Waals surface area contributed by atoms with Crippen LogP contribution in [0.4, 0.5) is 0 Å². The van der Waals surface area contributed by atoms with E-state index < -0.39 is 0 Å². The summed E-state index contributed by atoms with van der Waals surface area (Å²) < 4.78 is 0. The van der Waals surface area contributed by atoms with Crippen molar-refractivity contribution < 1.29 is 0 Å². The molecule has 108 valence electrons. The Hall–Kier alpha value is -0.0800. The van der Waals surface area contributed by atoms with Gasteiger partial charge in [-0.05, 0) is 50.7 Å². The summed E-state index contributed by atoms with van der Waals surface area (Å²) in [4.78, 5) is 2.74. The maximum Gasteiger partial charge on any atom is 0.0220 e. The molecule has 1 saturated heterocycles. The van der Waals surface area contributed by atoms with E-state index in [0.29, 0.717) is 5.41 Å². The van der Waals surface area contributed by atoms with E-state index in [9.17, 15) is 0 Å². The fourth-order valence-electron chi connectivity index (χ4n) is 2.97. The largest absolute Gasteiger partial charge is 0.315 e. The van der Waals surface area contributed by atoms with Crippen LogP contribution in [0.15, 0.2) is 0 Å². The highest BCUT2D eigenvalue weighted by molar-refractivity contribution is 4.85. The highest BCUT2D eigenvalue weighted by atomic mass is 15.2. The molecule has 1 unspecified atom stereocenters. The van der Waals surface area contributed by atoms with E-state index in [1.807, 2.05) is 0 Å². The van der Waals surface area contributed by atoms with Crippen molar-refractivity contribution in [3.8, 4) is 0 Å². The van der Waals surface area contributed by atoms with Crippen LogP contribution in [0.25, 0.3) is 0 Å². The van der Waals surface area contributed by atoms with E-state index in [4.69, 9.17) is 0 Å². The molecule has 0 amide bonds. The molecule has 0 aliphatic carbocycles. The summed E-state index contributed by atoms with van der Waals surface area (Å²) in [5.41, 5.74) is 0.615. The van der Waals surface area contributed by atoms with Gasteiger partial charge in [0.1, 0.15) is 0 Å². The van der Waals surface area contributed by atoms with Crippen molar-refractivity contribution in [2.75, 3.05) is 26.2 Å². The number of rotatable bonds is 8. The average molecular weight is 254 g/mol. The highest BCUT2D eigenvalue weighted by Gasteiger charge is 2.30. The molecule has 0 saturated carbocycles. The van der Waals surface area contributed by atoms with Crippen LogP contribution < -0.4 is 5.32 Å². The minimum atomic E-state index is 0.615. The molecule has 1 fully saturated rings. The maximum absolute atomic E-state index is 3.61. The van der Waals surface area contributed by atoms with Gasteiger partial charge < -0.3 is 5.32 Å². The summed E-state index contributed by atoms with van der Waals surface area (Å²) in [6.45, 7) is 14.3. The molecule has 0 aromatic carbocycles. The van der Waals surface area contributed by atoms with E-state index in [1.54, 1.807) is 0 Å². The first kappa shape index (κ1) is 16.0. The molecule has 2 heteroatoms. The molecule has 0 spiro atoms. The van der Waals surface area contributed by atoms with Crippen LogP contribution in [0.5, 0.6) is 0 Å². The fraction of sp³-hybridized carbons (Fsp3) is 1.00. The molecule has 1 rings (SSSR count). The van der Waals surface area contributed by atoms with Crippen molar-refractivity contribution in [1.29, 1.82) is 0 Å². The molecule has 0 aromatic rings. The molecule has 1 atom stereocenters. The summed E-state index contributed by atoms with van der Waals surface area (Å²) in [7, 11) is 0. The zero-order valence-corrected chi connectivity index (χ0v) is 13.1. The van der Waals surface area contributed by atoms with Crippen LogP contribution in [0.3, 0.4) is 0 Å². The Balaban J connectivity index is 2.39. The standard InChI is InChI=1S/C16H34N2/c1-5-8-15(14-17-11-6-2)18-12-9-16(4,7-3)10-13-18/h15,17H,5-14H2,1-4H3. The minimum absolute atomic E-state index is 0.615. The Labute approximate surface area is 115 Å². The van der Waals surface area contributed by atoms with Crippen molar-refractivity contribution in [3.05, 3.63) is 0 Å². The number of hydrogen-bond donors (Lipinski definition) is 1. The number of nitrogens with zero attached hydrogens (tertiary/aromatic N) is 1. The zero-order valence-electron chi connectivity index (χ0n) is 13.1. The smallest absolute Gasteiger partial charge is 0.0220 e. The zero-order chi connectivity index (χ0) is 13.4. The van der Waals surface area contributed by atoms with Crippen molar-refractivity contribution in [3.63, 3.8) is 0 Å². The van der Waals surface area contributed by atoms with Gasteiger partial charge in [-0.3, -0.25) is 4.90 Å². The van der Waals surface area contributed by atoms with Gasteiger partial charge in [-0.2, -0.15) is 0 Å². The lowest BCUT2D eigenvalue weighted by Crippen LogP contribution is -2.48. The number of piperidine rings is 1. The minimum Gasteiger partial charge on any atom is -0.315 e. The molecular formula is C16H34N2. The third-order valence-corrected chi connectivity index (χ3v) is 4.80. The molecule has 2 nitrogen and oxygen atoms in total. The first-order valence-corrected chi connectivity index (χ1v) is 8.10. The quantitative estimate of drug-likeness (QED) is 0.665. The summed E-state index contributed by atoms with van der Waals surface area (Å²) in [6, 6.07) is 0.767. The van der Waals surface area contributed by atoms with Crippen LogP contribution in [-0.4, -0.2) is 37.1 Å². The van der Waals surface area contributed by atoms with Crippen LogP contribution in [0.2, 0.25) is 0 Å². The second-order valence-corrected chi connectivity index (χ2v) is 6.35. The second-order valence-electron chi connectivity index (χ2n) is 6.35. The third-order valence-electron chi connectivity index (χ3n) is 4.80. The van der Waals surface area contributed by atoms with Gasteiger partial charge in [-0.1, -0.05) is 40.5 Å². The Morgan fingerprint density at radius 1 is 1.11 bits per heavy atom. The van der Waals surface area contributed by atoms with E-state index in [2.05, 4.69) is 37.9 Å². The number of hydrogen-bond acceptors (Lipinski definition) is 2. The average Bonchev–Trinajstić information content (AvgIpc) is 2.39. The lowest BCUT2D eigenvalue weighted by molar-refractivity contribution is 0.0764. The van der Waals surface area contributed by atoms with Crippen LogP contribution in [0, 0.1) is 5.41 Å². The number of likely N-dealkylation sites (tertiary alicyclic amines) is 1. The van der Waals surface area contributed by atoms with Gasteiger partial charge in [0.2, 0.25) is 0 Å². The maximum atomic E-state index is 3.61. The molecule has 0 radical (unpaired) electrons. The summed E-state index contributed by atoms with van der Waals surface area (Å²) >= 11 is 0. The second kappa shape index (κ2) is 8.16. The first-order chi connectivity index (χ1) is 8.65. The molecule has 1 aliphatic rings. The predicted molar refractivity (Wildman–Crippen MR) is 81.1 cm³/mol. The topological polar surface area (TPSA) is 15.3 Å². The lowest BCUT2D eigenvalue weighted by Gasteiger charge is -2.42. The van der Waals surface area contributed by atoms with Crippen molar-refractivity contribution in [1.82, 2.24) is 10.2 Å². The summed E-state index contributed by atoms with van der Waals surface area (Å²) in [5, 5.41) is 3.61. The lowest BCUT2D eigenvalue weighted by atomic mass is 9.78. The Morgan fingerprint density at radius 3 is 2.28 bits per heavy atom. The SMILES string of the molecule is CCCNCC(CCC)N1CCC(C)(CC)CC1. The Morgan fingerprint density at radius 2 is 1.78 bits per heavy atom. The van der Waals surface area contributed by atoms with Gasteiger partial charge in [0, 0.05) is 12.6 Å². The van der Waals surface area contributed by atoms with Gasteiger partial charge >= 0.3 is 0 Å². The molecular weight excluding hydrogens is 220 g/mol. The Bertz CT molecular complexity index is 207. The van der Waals surface area contributed by atoms with E-state index in [-0.39, 0.29) is 0 Å². The molecule has 1 aliphatic heterocycles. The van der Waals surface area contributed by atoms with E-state index in [1.165, 1.54) is 64.7 Å². The first-order valence-electron chi connectivity index (χ1n) is 8.10. The third kappa shape index (κ3) is 4.89. The van der Waals surface area contributed by atoms with Crippen molar-refractivity contribution in [2.24, 2.45) is 5.41 Å². The van der Waals surface area contributed by atoms with Crippen molar-refractivity contribution >= 4 is 0 Å². The summed E-state index contributed by atoms with van der Waals surface area (Å²) in [5.74, 6) is 0. The van der Waals surface area contributed by atoms with Gasteiger partial charge in [0.15, 0.2) is 0 Å². The molecule has 1 heterocycles. The molecule has 18 heavy (non-hydrogen) atoms. The monoisotopic (exact) mass is 254 g/mol. The molecule has 0 bridgehead atoms. The van der Waals surface area contributed by atoms with Gasteiger partial charge in [-0.15, -0.1) is 0 Å². The van der Waals surface area contributed by atoms with Crippen LogP contribution in [0.1, 0.15) is 66.2 Å². The van der Waals surface area contributed by atoms with Gasteiger partial charge in [0.05, 0.1) is 0 Å². The van der Waals surface area contributed by atoms with Gasteiger partial charge in [0.25, 0.3) is 0 Å². The highest BCUT2D eigenvalue weighted by Crippen LogP contribution is 2.34. The molecule has 1 N–H and O–H groups in total. The fourth-order valence-corrected chi connectivity index (χ4v) is 2.97. The Kier molecular flexibility index (Phi) is 7.25. The van der Waals surface area contributed by atoms with E-state index >= 15 is 0 Å². The number of nitrogens with one attached hydrogen (secondary N) is 1. The van der Waals surface area contributed by atoms with Crippen molar-refractivity contribution in [2.45, 2.75) is 72.3 Å². The predicted octanol–water partition coefficient (Wildman–Crippen LogP) is 3.67. The summed E-state index contributed by atoms with van der Waals surface area (Å²) in [6.07, 6.45) is 8.01. The van der Waals surface area contributed by atoms with Crippen LogP contribution >= 0.6 is 0 Å².